The standard InChI is InChI=1S/C21H29N3O3/c1-14-7-5-6-12-21(14)18(26)24(19(27)23-21)13-17(25)22-16-10-8-15(9-11-16)20(2,3)4/h8-11,14H,5-7,12-13H2,1-4H3,(H,22,25)(H,23,27)/t14-,21-/m0/s1. The Morgan fingerprint density at radius 2 is 1.89 bits per heavy atom. The van der Waals surface area contributed by atoms with Crippen LogP contribution in [0, 0.1) is 5.92 Å². The van der Waals surface area contributed by atoms with E-state index in [1.165, 1.54) is 5.56 Å². The molecular formula is C21H29N3O3. The highest BCUT2D eigenvalue weighted by atomic mass is 16.2. The number of nitrogens with one attached hydrogen (secondary N) is 2. The number of carbonyl (C=O) groups is 3. The maximum Gasteiger partial charge on any atom is 0.325 e. The minimum Gasteiger partial charge on any atom is -0.325 e. The predicted octanol–water partition coefficient (Wildman–Crippen LogP) is 3.42. The van der Waals surface area contributed by atoms with Crippen LogP contribution in [-0.4, -0.2) is 34.8 Å². The van der Waals surface area contributed by atoms with E-state index in [1.807, 2.05) is 31.2 Å². The summed E-state index contributed by atoms with van der Waals surface area (Å²) < 4.78 is 0. The monoisotopic (exact) mass is 371 g/mol. The number of hydrogen-bond acceptors (Lipinski definition) is 3. The van der Waals surface area contributed by atoms with Crippen molar-refractivity contribution in [3.05, 3.63) is 29.8 Å². The molecule has 2 atom stereocenters. The third-order valence-electron chi connectivity index (χ3n) is 5.84. The Hall–Kier alpha value is -2.37. The largest absolute Gasteiger partial charge is 0.325 e. The van der Waals surface area contributed by atoms with Gasteiger partial charge in [-0.25, -0.2) is 4.79 Å². The molecular weight excluding hydrogens is 342 g/mol. The molecule has 1 spiro atoms. The van der Waals surface area contributed by atoms with E-state index in [9.17, 15) is 14.4 Å². The molecule has 1 aromatic rings. The van der Waals surface area contributed by atoms with Crippen LogP contribution in [0.25, 0.3) is 0 Å². The van der Waals surface area contributed by atoms with Gasteiger partial charge in [-0.05, 0) is 41.9 Å². The summed E-state index contributed by atoms with van der Waals surface area (Å²) in [6, 6.07) is 7.17. The van der Waals surface area contributed by atoms with Crippen LogP contribution < -0.4 is 10.6 Å². The summed E-state index contributed by atoms with van der Waals surface area (Å²) in [5, 5.41) is 5.65. The molecule has 0 radical (unpaired) electrons. The van der Waals surface area contributed by atoms with E-state index >= 15 is 0 Å². The molecule has 1 aromatic carbocycles. The summed E-state index contributed by atoms with van der Waals surface area (Å²) in [4.78, 5) is 38.7. The summed E-state index contributed by atoms with van der Waals surface area (Å²) in [6.07, 6.45) is 3.53. The van der Waals surface area contributed by atoms with Gasteiger partial charge in [0.05, 0.1) is 0 Å². The zero-order valence-corrected chi connectivity index (χ0v) is 16.6. The van der Waals surface area contributed by atoms with Crippen molar-refractivity contribution in [2.24, 2.45) is 5.92 Å². The predicted molar refractivity (Wildman–Crippen MR) is 104 cm³/mol. The maximum absolute atomic E-state index is 12.9. The number of hydrogen-bond donors (Lipinski definition) is 2. The van der Waals surface area contributed by atoms with Gasteiger partial charge in [-0.3, -0.25) is 14.5 Å². The van der Waals surface area contributed by atoms with Crippen molar-refractivity contribution >= 4 is 23.5 Å². The SMILES string of the molecule is C[C@H]1CCCC[C@]12NC(=O)N(CC(=O)Nc1ccc(C(C)(C)C)cc1)C2=O. The summed E-state index contributed by atoms with van der Waals surface area (Å²) in [7, 11) is 0. The topological polar surface area (TPSA) is 78.5 Å². The fraction of sp³-hybridized carbons (Fsp3) is 0.571. The highest BCUT2D eigenvalue weighted by Gasteiger charge is 2.55. The lowest BCUT2D eigenvalue weighted by Gasteiger charge is -2.36. The number of amides is 4. The van der Waals surface area contributed by atoms with Gasteiger partial charge in [-0.2, -0.15) is 0 Å². The Labute approximate surface area is 160 Å². The molecule has 2 N–H and O–H groups in total. The van der Waals surface area contributed by atoms with E-state index in [-0.39, 0.29) is 29.7 Å². The lowest BCUT2D eigenvalue weighted by atomic mass is 9.73. The molecule has 1 aliphatic carbocycles. The van der Waals surface area contributed by atoms with Crippen LogP contribution >= 0.6 is 0 Å². The lowest BCUT2D eigenvalue weighted by Crippen LogP contribution is -2.54. The molecule has 6 heteroatoms. The second kappa shape index (κ2) is 6.98. The average Bonchev–Trinajstić information content (AvgIpc) is 2.82. The van der Waals surface area contributed by atoms with Crippen molar-refractivity contribution in [1.82, 2.24) is 10.2 Å². The number of benzene rings is 1. The molecule has 1 saturated heterocycles. The Balaban J connectivity index is 1.65. The van der Waals surface area contributed by atoms with Gasteiger partial charge in [0, 0.05) is 5.69 Å². The van der Waals surface area contributed by atoms with Crippen molar-refractivity contribution in [2.75, 3.05) is 11.9 Å². The Kier molecular flexibility index (Phi) is 5.02. The Morgan fingerprint density at radius 3 is 2.48 bits per heavy atom. The van der Waals surface area contributed by atoms with Gasteiger partial charge in [0.25, 0.3) is 5.91 Å². The zero-order chi connectivity index (χ0) is 19.8. The molecule has 146 valence electrons. The second-order valence-electron chi connectivity index (χ2n) is 8.82. The molecule has 2 fully saturated rings. The van der Waals surface area contributed by atoms with Crippen LogP contribution in [0.5, 0.6) is 0 Å². The van der Waals surface area contributed by atoms with Crippen LogP contribution in [0.2, 0.25) is 0 Å². The highest BCUT2D eigenvalue weighted by Crippen LogP contribution is 2.38. The summed E-state index contributed by atoms with van der Waals surface area (Å²) in [5.74, 6) is -0.554. The number of rotatable bonds is 3. The minimum atomic E-state index is -0.829. The summed E-state index contributed by atoms with van der Waals surface area (Å²) >= 11 is 0. The fourth-order valence-corrected chi connectivity index (χ4v) is 4.04. The third-order valence-corrected chi connectivity index (χ3v) is 5.84. The van der Waals surface area contributed by atoms with Gasteiger partial charge in [-0.15, -0.1) is 0 Å². The molecule has 6 nitrogen and oxygen atoms in total. The first-order valence-corrected chi connectivity index (χ1v) is 9.68. The first-order valence-electron chi connectivity index (χ1n) is 9.68. The molecule has 0 aromatic heterocycles. The third kappa shape index (κ3) is 3.70. The van der Waals surface area contributed by atoms with Crippen molar-refractivity contribution < 1.29 is 14.4 Å². The Bertz CT molecular complexity index is 751. The van der Waals surface area contributed by atoms with Gasteiger partial charge < -0.3 is 10.6 Å². The van der Waals surface area contributed by atoms with Crippen LogP contribution in [0.1, 0.15) is 58.9 Å². The average molecular weight is 371 g/mol. The van der Waals surface area contributed by atoms with Gasteiger partial charge in [-0.1, -0.05) is 52.7 Å². The minimum absolute atomic E-state index is 0.0353. The molecule has 27 heavy (non-hydrogen) atoms. The van der Waals surface area contributed by atoms with Gasteiger partial charge in [0.1, 0.15) is 12.1 Å². The molecule has 1 aliphatic heterocycles. The summed E-state index contributed by atoms with van der Waals surface area (Å²) in [5.41, 5.74) is 1.03. The van der Waals surface area contributed by atoms with E-state index in [0.29, 0.717) is 12.1 Å². The smallest absolute Gasteiger partial charge is 0.325 e. The second-order valence-corrected chi connectivity index (χ2v) is 8.82. The molecule has 1 saturated carbocycles. The molecule has 0 bridgehead atoms. The molecule has 2 aliphatic rings. The lowest BCUT2D eigenvalue weighted by molar-refractivity contribution is -0.136. The van der Waals surface area contributed by atoms with Crippen molar-refractivity contribution in [2.45, 2.75) is 64.3 Å². The normalized spacial score (nSPS) is 25.6. The number of nitrogens with zero attached hydrogens (tertiary/aromatic N) is 1. The molecule has 1 heterocycles. The molecule has 3 rings (SSSR count). The van der Waals surface area contributed by atoms with Gasteiger partial charge in [0.2, 0.25) is 5.91 Å². The first-order chi connectivity index (χ1) is 12.6. The van der Waals surface area contributed by atoms with E-state index < -0.39 is 11.6 Å². The number of urea groups is 1. The summed E-state index contributed by atoms with van der Waals surface area (Å²) in [6.45, 7) is 8.11. The zero-order valence-electron chi connectivity index (χ0n) is 16.6. The van der Waals surface area contributed by atoms with Crippen molar-refractivity contribution in [3.8, 4) is 0 Å². The quantitative estimate of drug-likeness (QED) is 0.799. The molecule has 4 amide bonds. The van der Waals surface area contributed by atoms with E-state index in [2.05, 4.69) is 31.4 Å². The fourth-order valence-electron chi connectivity index (χ4n) is 4.04. The van der Waals surface area contributed by atoms with Gasteiger partial charge in [0.15, 0.2) is 0 Å². The number of carbonyl (C=O) groups excluding carboxylic acids is 3. The number of anilines is 1. The van der Waals surface area contributed by atoms with E-state index in [4.69, 9.17) is 0 Å². The first kappa shape index (κ1) is 19.4. The Morgan fingerprint density at radius 1 is 1.22 bits per heavy atom. The molecule has 0 unspecified atom stereocenters. The highest BCUT2D eigenvalue weighted by molar-refractivity contribution is 6.10. The maximum atomic E-state index is 12.9. The van der Waals surface area contributed by atoms with Crippen LogP contribution in [0.3, 0.4) is 0 Å². The van der Waals surface area contributed by atoms with Crippen molar-refractivity contribution in [1.29, 1.82) is 0 Å². The van der Waals surface area contributed by atoms with Crippen molar-refractivity contribution in [3.63, 3.8) is 0 Å². The van der Waals surface area contributed by atoms with Crippen LogP contribution in [-0.2, 0) is 15.0 Å². The van der Waals surface area contributed by atoms with Gasteiger partial charge >= 0.3 is 6.03 Å². The number of imide groups is 1. The van der Waals surface area contributed by atoms with E-state index in [1.54, 1.807) is 0 Å². The van der Waals surface area contributed by atoms with Crippen LogP contribution in [0.15, 0.2) is 24.3 Å². The van der Waals surface area contributed by atoms with E-state index in [0.717, 1.165) is 24.2 Å². The van der Waals surface area contributed by atoms with Crippen LogP contribution in [0.4, 0.5) is 10.5 Å².